The molecule has 1 amide bonds. The third-order valence-corrected chi connectivity index (χ3v) is 7.29. The van der Waals surface area contributed by atoms with Crippen molar-refractivity contribution in [3.05, 3.63) is 111 Å². The number of anilines is 1. The summed E-state index contributed by atoms with van der Waals surface area (Å²) >= 11 is 1.67. The van der Waals surface area contributed by atoms with Crippen LogP contribution in [0.4, 0.5) is 10.1 Å². The zero-order chi connectivity index (χ0) is 22.9. The second-order valence-corrected chi connectivity index (χ2v) is 9.38. The van der Waals surface area contributed by atoms with Crippen molar-refractivity contribution < 1.29 is 14.0 Å². The summed E-state index contributed by atoms with van der Waals surface area (Å²) < 4.78 is 13.3. The standard InChI is InChI=1S/C27H23FN2O2S/c1-16-24(27(32)30-20-11-9-19(28)10-12-20)25(17-6-3-2-4-7-17)26-21(29-16)14-18(15-22(26)31)23-8-5-13-33-23/h2-13,18,25,29H,14-15H2,1H3,(H,30,32). The van der Waals surface area contributed by atoms with Gasteiger partial charge in [-0.05, 0) is 54.6 Å². The van der Waals surface area contributed by atoms with Crippen molar-refractivity contribution in [2.24, 2.45) is 0 Å². The minimum atomic E-state index is -0.459. The lowest BCUT2D eigenvalue weighted by atomic mass is 9.72. The van der Waals surface area contributed by atoms with Crippen LogP contribution >= 0.6 is 11.3 Å². The van der Waals surface area contributed by atoms with E-state index in [9.17, 15) is 14.0 Å². The Kier molecular flexibility index (Phi) is 5.68. The van der Waals surface area contributed by atoms with Crippen LogP contribution in [-0.2, 0) is 9.59 Å². The summed E-state index contributed by atoms with van der Waals surface area (Å²) in [7, 11) is 0. The summed E-state index contributed by atoms with van der Waals surface area (Å²) in [6, 6.07) is 19.4. The summed E-state index contributed by atoms with van der Waals surface area (Å²) in [4.78, 5) is 28.1. The van der Waals surface area contributed by atoms with Crippen LogP contribution in [0.3, 0.4) is 0 Å². The van der Waals surface area contributed by atoms with Crippen molar-refractivity contribution in [2.45, 2.75) is 31.6 Å². The van der Waals surface area contributed by atoms with Gasteiger partial charge in [0.1, 0.15) is 5.82 Å². The number of allylic oxidation sites excluding steroid dienone is 3. The first-order valence-electron chi connectivity index (χ1n) is 10.9. The molecule has 2 atom stereocenters. The van der Waals surface area contributed by atoms with Gasteiger partial charge in [-0.15, -0.1) is 11.3 Å². The van der Waals surface area contributed by atoms with Crippen molar-refractivity contribution in [1.82, 2.24) is 5.32 Å². The van der Waals surface area contributed by atoms with Crippen LogP contribution in [-0.4, -0.2) is 11.7 Å². The number of hydrogen-bond acceptors (Lipinski definition) is 4. The molecule has 2 unspecified atom stereocenters. The Labute approximate surface area is 195 Å². The number of thiophene rings is 1. The molecular weight excluding hydrogens is 435 g/mol. The largest absolute Gasteiger partial charge is 0.362 e. The number of amides is 1. The van der Waals surface area contributed by atoms with Crippen LogP contribution in [0.25, 0.3) is 0 Å². The van der Waals surface area contributed by atoms with Gasteiger partial charge >= 0.3 is 0 Å². The molecule has 0 fully saturated rings. The number of dihydropyridines is 1. The van der Waals surface area contributed by atoms with Crippen molar-refractivity contribution in [1.29, 1.82) is 0 Å². The molecule has 4 nitrogen and oxygen atoms in total. The molecule has 1 aliphatic carbocycles. The number of nitrogens with one attached hydrogen (secondary N) is 2. The number of halogens is 1. The monoisotopic (exact) mass is 458 g/mol. The van der Waals surface area contributed by atoms with E-state index in [0.717, 1.165) is 23.4 Å². The molecule has 0 spiro atoms. The second-order valence-electron chi connectivity index (χ2n) is 8.40. The predicted octanol–water partition coefficient (Wildman–Crippen LogP) is 5.89. The molecular formula is C27H23FN2O2S. The fourth-order valence-corrected chi connectivity index (χ4v) is 5.61. The molecule has 6 heteroatoms. The highest BCUT2D eigenvalue weighted by molar-refractivity contribution is 7.10. The Morgan fingerprint density at radius 1 is 1.03 bits per heavy atom. The Morgan fingerprint density at radius 2 is 1.79 bits per heavy atom. The van der Waals surface area contributed by atoms with E-state index in [1.807, 2.05) is 48.7 Å². The van der Waals surface area contributed by atoms with Gasteiger partial charge in [0.15, 0.2) is 5.78 Å². The number of carbonyl (C=O) groups is 2. The van der Waals surface area contributed by atoms with E-state index in [0.29, 0.717) is 23.3 Å². The third-order valence-electron chi connectivity index (χ3n) is 6.25. The Balaban J connectivity index is 1.54. The molecule has 2 aromatic carbocycles. The van der Waals surface area contributed by atoms with Crippen LogP contribution in [0.2, 0.25) is 0 Å². The molecule has 166 valence electrons. The highest BCUT2D eigenvalue weighted by Crippen LogP contribution is 2.46. The third kappa shape index (κ3) is 4.14. The lowest BCUT2D eigenvalue weighted by Crippen LogP contribution is -2.37. The number of Topliss-reactive ketones (excluding diaryl/α,β-unsaturated/α-hetero) is 1. The van der Waals surface area contributed by atoms with Crippen LogP contribution in [0.1, 0.15) is 42.0 Å². The molecule has 2 aliphatic rings. The summed E-state index contributed by atoms with van der Waals surface area (Å²) in [6.07, 6.45) is 1.16. The highest BCUT2D eigenvalue weighted by atomic mass is 32.1. The minimum Gasteiger partial charge on any atom is -0.362 e. The first-order chi connectivity index (χ1) is 16.0. The zero-order valence-electron chi connectivity index (χ0n) is 18.1. The van der Waals surface area contributed by atoms with Crippen molar-refractivity contribution in [3.63, 3.8) is 0 Å². The van der Waals surface area contributed by atoms with Gasteiger partial charge in [0.2, 0.25) is 0 Å². The summed E-state index contributed by atoms with van der Waals surface area (Å²) in [6.45, 7) is 1.87. The van der Waals surface area contributed by atoms with Crippen molar-refractivity contribution >= 4 is 28.7 Å². The molecule has 2 heterocycles. The van der Waals surface area contributed by atoms with Crippen LogP contribution < -0.4 is 10.6 Å². The number of carbonyl (C=O) groups excluding carboxylic acids is 2. The van der Waals surface area contributed by atoms with E-state index in [1.54, 1.807) is 11.3 Å². The molecule has 1 aromatic heterocycles. The van der Waals surface area contributed by atoms with E-state index in [4.69, 9.17) is 0 Å². The van der Waals surface area contributed by atoms with Crippen LogP contribution in [0.15, 0.2) is 94.7 Å². The molecule has 5 rings (SSSR count). The highest BCUT2D eigenvalue weighted by Gasteiger charge is 2.41. The molecule has 1 aliphatic heterocycles. The molecule has 0 radical (unpaired) electrons. The van der Waals surface area contributed by atoms with Gasteiger partial charge < -0.3 is 10.6 Å². The van der Waals surface area contributed by atoms with E-state index in [-0.39, 0.29) is 23.4 Å². The minimum absolute atomic E-state index is 0.0654. The molecule has 33 heavy (non-hydrogen) atoms. The van der Waals surface area contributed by atoms with Gasteiger partial charge in [0.25, 0.3) is 5.91 Å². The quantitative estimate of drug-likeness (QED) is 0.513. The van der Waals surface area contributed by atoms with E-state index in [1.165, 1.54) is 29.1 Å². The predicted molar refractivity (Wildman–Crippen MR) is 128 cm³/mol. The average Bonchev–Trinajstić information content (AvgIpc) is 3.35. The fraction of sp³-hybridized carbons (Fsp3) is 0.185. The smallest absolute Gasteiger partial charge is 0.254 e. The molecule has 0 bridgehead atoms. The first-order valence-corrected chi connectivity index (χ1v) is 11.8. The van der Waals surface area contributed by atoms with Gasteiger partial charge in [0, 0.05) is 51.4 Å². The zero-order valence-corrected chi connectivity index (χ0v) is 18.9. The topological polar surface area (TPSA) is 58.2 Å². The Morgan fingerprint density at radius 3 is 2.48 bits per heavy atom. The van der Waals surface area contributed by atoms with E-state index < -0.39 is 5.92 Å². The van der Waals surface area contributed by atoms with Crippen molar-refractivity contribution in [3.8, 4) is 0 Å². The number of ketones is 1. The SMILES string of the molecule is CC1=C(C(=O)Nc2ccc(F)cc2)C(c2ccccc2)C2=C(CC(c3cccs3)CC2=O)N1. The average molecular weight is 459 g/mol. The molecule has 3 aromatic rings. The first kappa shape index (κ1) is 21.3. The maximum Gasteiger partial charge on any atom is 0.254 e. The lowest BCUT2D eigenvalue weighted by molar-refractivity contribution is -0.116. The fourth-order valence-electron chi connectivity index (χ4n) is 4.78. The van der Waals surface area contributed by atoms with Gasteiger partial charge in [-0.25, -0.2) is 4.39 Å². The van der Waals surface area contributed by atoms with Crippen molar-refractivity contribution in [2.75, 3.05) is 5.32 Å². The van der Waals surface area contributed by atoms with Gasteiger partial charge in [0.05, 0.1) is 0 Å². The molecule has 0 saturated heterocycles. The van der Waals surface area contributed by atoms with Gasteiger partial charge in [-0.3, -0.25) is 9.59 Å². The number of hydrogen-bond donors (Lipinski definition) is 2. The van der Waals surface area contributed by atoms with Gasteiger partial charge in [-0.1, -0.05) is 36.4 Å². The van der Waals surface area contributed by atoms with Crippen LogP contribution in [0.5, 0.6) is 0 Å². The molecule has 2 N–H and O–H groups in total. The summed E-state index contributed by atoms with van der Waals surface area (Å²) in [5.41, 5.74) is 4.20. The lowest BCUT2D eigenvalue weighted by Gasteiger charge is -2.36. The maximum atomic E-state index is 13.5. The normalized spacial score (nSPS) is 20.4. The Bertz CT molecular complexity index is 1260. The van der Waals surface area contributed by atoms with E-state index in [2.05, 4.69) is 16.7 Å². The van der Waals surface area contributed by atoms with Crippen LogP contribution in [0, 0.1) is 5.82 Å². The van der Waals surface area contributed by atoms with E-state index >= 15 is 0 Å². The Hall–Kier alpha value is -3.51. The summed E-state index contributed by atoms with van der Waals surface area (Å²) in [5.74, 6) is -0.925. The number of rotatable bonds is 4. The van der Waals surface area contributed by atoms with Gasteiger partial charge in [-0.2, -0.15) is 0 Å². The second kappa shape index (κ2) is 8.79. The molecule has 0 saturated carbocycles. The maximum absolute atomic E-state index is 13.5. The summed E-state index contributed by atoms with van der Waals surface area (Å²) in [5, 5.41) is 8.30. The number of benzene rings is 2.